The molecule has 0 spiro atoms. The highest BCUT2D eigenvalue weighted by atomic mass is 16.5. The molecule has 112 valence electrons. The molecule has 1 saturated heterocycles. The number of rotatable bonds is 8. The monoisotopic (exact) mass is 274 g/mol. The van der Waals surface area contributed by atoms with Crippen LogP contribution in [-0.4, -0.2) is 76.6 Å². The average molecular weight is 274 g/mol. The Morgan fingerprint density at radius 1 is 1.47 bits per heavy atom. The van der Waals surface area contributed by atoms with Crippen LogP contribution in [0.3, 0.4) is 0 Å². The number of amides is 1. The van der Waals surface area contributed by atoms with Gasteiger partial charge in [0.05, 0.1) is 25.4 Å². The molecule has 19 heavy (non-hydrogen) atoms. The summed E-state index contributed by atoms with van der Waals surface area (Å²) in [6, 6.07) is -0.0798. The van der Waals surface area contributed by atoms with E-state index in [0.29, 0.717) is 26.4 Å². The Bertz CT molecular complexity index is 261. The van der Waals surface area contributed by atoms with E-state index in [1.807, 2.05) is 21.0 Å². The lowest BCUT2D eigenvalue weighted by molar-refractivity contribution is -0.130. The van der Waals surface area contributed by atoms with Gasteiger partial charge >= 0.3 is 0 Å². The van der Waals surface area contributed by atoms with Crippen molar-refractivity contribution in [2.75, 3.05) is 53.7 Å². The fourth-order valence-electron chi connectivity index (χ4n) is 1.88. The molecule has 0 saturated carbocycles. The lowest BCUT2D eigenvalue weighted by atomic mass is 10.1. The van der Waals surface area contributed by atoms with Crippen molar-refractivity contribution in [3.05, 3.63) is 0 Å². The Morgan fingerprint density at radius 3 is 2.95 bits per heavy atom. The van der Waals surface area contributed by atoms with Gasteiger partial charge in [-0.2, -0.15) is 0 Å². The normalized spacial score (nSPS) is 23.6. The molecule has 2 atom stereocenters. The first-order valence-corrected chi connectivity index (χ1v) is 6.84. The van der Waals surface area contributed by atoms with Crippen molar-refractivity contribution in [1.29, 1.82) is 0 Å². The third kappa shape index (κ3) is 6.87. The Hall–Kier alpha value is -0.690. The molecule has 1 N–H and O–H groups in total. The molecule has 0 aromatic rings. The van der Waals surface area contributed by atoms with Crippen molar-refractivity contribution in [3.63, 3.8) is 0 Å². The van der Waals surface area contributed by atoms with Gasteiger partial charge in [0.15, 0.2) is 0 Å². The summed E-state index contributed by atoms with van der Waals surface area (Å²) >= 11 is 0. The predicted octanol–water partition coefficient (Wildman–Crippen LogP) is -0.125. The first-order chi connectivity index (χ1) is 9.13. The Balaban J connectivity index is 2.32. The van der Waals surface area contributed by atoms with E-state index >= 15 is 0 Å². The van der Waals surface area contributed by atoms with Crippen molar-refractivity contribution in [1.82, 2.24) is 10.2 Å². The molecule has 0 radical (unpaired) electrons. The van der Waals surface area contributed by atoms with E-state index in [1.165, 1.54) is 0 Å². The zero-order chi connectivity index (χ0) is 14.1. The van der Waals surface area contributed by atoms with E-state index in [1.54, 1.807) is 0 Å². The molecule has 0 unspecified atom stereocenters. The van der Waals surface area contributed by atoms with Gasteiger partial charge in [-0.1, -0.05) is 0 Å². The van der Waals surface area contributed by atoms with Crippen molar-refractivity contribution in [2.45, 2.75) is 25.5 Å². The maximum Gasteiger partial charge on any atom is 0.246 e. The Kier molecular flexibility index (Phi) is 7.97. The predicted molar refractivity (Wildman–Crippen MR) is 72.2 cm³/mol. The fourth-order valence-corrected chi connectivity index (χ4v) is 1.88. The van der Waals surface area contributed by atoms with Gasteiger partial charge in [-0.15, -0.1) is 0 Å². The molecule has 0 aromatic heterocycles. The first-order valence-electron chi connectivity index (χ1n) is 6.84. The lowest BCUT2D eigenvalue weighted by Gasteiger charge is -2.32. The quantitative estimate of drug-likeness (QED) is 0.668. The molecular weight excluding hydrogens is 248 g/mol. The molecular formula is C13H26N2O4. The van der Waals surface area contributed by atoms with Crippen LogP contribution in [0.15, 0.2) is 0 Å². The van der Waals surface area contributed by atoms with Gasteiger partial charge in [0, 0.05) is 19.8 Å². The van der Waals surface area contributed by atoms with Gasteiger partial charge < -0.3 is 24.4 Å². The van der Waals surface area contributed by atoms with E-state index in [-0.39, 0.29) is 24.7 Å². The molecule has 1 rings (SSSR count). The van der Waals surface area contributed by atoms with Crippen LogP contribution in [0.5, 0.6) is 0 Å². The summed E-state index contributed by atoms with van der Waals surface area (Å²) < 4.78 is 16.3. The van der Waals surface area contributed by atoms with Crippen LogP contribution < -0.4 is 5.32 Å². The Morgan fingerprint density at radius 2 is 2.26 bits per heavy atom. The molecule has 0 bridgehead atoms. The zero-order valence-corrected chi connectivity index (χ0v) is 12.2. The van der Waals surface area contributed by atoms with E-state index in [9.17, 15) is 4.79 Å². The first kappa shape index (κ1) is 16.4. The molecule has 6 heteroatoms. The molecule has 1 fully saturated rings. The smallest absolute Gasteiger partial charge is 0.246 e. The number of carbonyl (C=O) groups excluding carboxylic acids is 1. The summed E-state index contributed by atoms with van der Waals surface area (Å²) in [5, 5.41) is 2.91. The van der Waals surface area contributed by atoms with Crippen molar-refractivity contribution in [2.24, 2.45) is 0 Å². The second-order valence-electron chi connectivity index (χ2n) is 4.89. The molecule has 0 aliphatic carbocycles. The number of ether oxygens (including phenoxy) is 3. The lowest BCUT2D eigenvalue weighted by Crippen LogP contribution is -2.51. The molecule has 6 nitrogen and oxygen atoms in total. The van der Waals surface area contributed by atoms with Crippen LogP contribution in [0.4, 0.5) is 0 Å². The van der Waals surface area contributed by atoms with Gasteiger partial charge in [-0.3, -0.25) is 4.79 Å². The van der Waals surface area contributed by atoms with Crippen LogP contribution in [0, 0.1) is 0 Å². The maximum absolute atomic E-state index is 11.6. The van der Waals surface area contributed by atoms with Crippen LogP contribution >= 0.6 is 0 Å². The summed E-state index contributed by atoms with van der Waals surface area (Å²) in [4.78, 5) is 13.7. The van der Waals surface area contributed by atoms with Gasteiger partial charge in [-0.05, 0) is 27.4 Å². The number of hydrogen-bond acceptors (Lipinski definition) is 5. The maximum atomic E-state index is 11.6. The third-order valence-corrected chi connectivity index (χ3v) is 2.95. The van der Waals surface area contributed by atoms with Crippen LogP contribution in [0.2, 0.25) is 0 Å². The summed E-state index contributed by atoms with van der Waals surface area (Å²) in [7, 11) is 4.02. The number of likely N-dealkylation sites (N-methyl/N-ethyl adjacent to an activating group) is 1. The number of carbonyl (C=O) groups is 1. The number of nitrogens with one attached hydrogen (secondary N) is 1. The molecule has 0 aromatic carbocycles. The minimum absolute atomic E-state index is 0.0271. The van der Waals surface area contributed by atoms with Crippen molar-refractivity contribution >= 4 is 5.91 Å². The topological polar surface area (TPSA) is 60.0 Å². The van der Waals surface area contributed by atoms with Gasteiger partial charge in [-0.25, -0.2) is 0 Å². The van der Waals surface area contributed by atoms with Crippen molar-refractivity contribution < 1.29 is 19.0 Å². The summed E-state index contributed by atoms with van der Waals surface area (Å²) in [5.74, 6) is -0.112. The van der Waals surface area contributed by atoms with Crippen molar-refractivity contribution in [3.8, 4) is 0 Å². The van der Waals surface area contributed by atoms with Gasteiger partial charge in [0.25, 0.3) is 0 Å². The van der Waals surface area contributed by atoms with E-state index in [2.05, 4.69) is 10.2 Å². The van der Waals surface area contributed by atoms with Gasteiger partial charge in [0.2, 0.25) is 5.91 Å². The molecule has 1 amide bonds. The fraction of sp³-hybridized carbons (Fsp3) is 0.923. The van der Waals surface area contributed by atoms with Crippen LogP contribution in [-0.2, 0) is 19.0 Å². The van der Waals surface area contributed by atoms with E-state index < -0.39 is 0 Å². The standard InChI is InChI=1S/C13H26N2O4/c1-4-17-10-13(16)14-11-9-18-7-5-12(11)19-8-6-15(2)3/h11-12H,4-10H2,1-3H3,(H,14,16)/t11-,12+/m1/s1. The molecule has 1 aliphatic rings. The summed E-state index contributed by atoms with van der Waals surface area (Å²) in [6.45, 7) is 5.22. The van der Waals surface area contributed by atoms with Crippen LogP contribution in [0.1, 0.15) is 13.3 Å². The average Bonchev–Trinajstić information content (AvgIpc) is 2.38. The number of nitrogens with zero attached hydrogens (tertiary/aromatic N) is 1. The van der Waals surface area contributed by atoms with Crippen LogP contribution in [0.25, 0.3) is 0 Å². The molecule has 1 aliphatic heterocycles. The highest BCUT2D eigenvalue weighted by Crippen LogP contribution is 2.12. The third-order valence-electron chi connectivity index (χ3n) is 2.95. The zero-order valence-electron chi connectivity index (χ0n) is 12.2. The van der Waals surface area contributed by atoms with E-state index in [4.69, 9.17) is 14.2 Å². The minimum atomic E-state index is -0.112. The SMILES string of the molecule is CCOCC(=O)N[C@@H]1COCC[C@@H]1OCCN(C)C. The largest absolute Gasteiger partial charge is 0.379 e. The van der Waals surface area contributed by atoms with Gasteiger partial charge in [0.1, 0.15) is 6.61 Å². The second-order valence-corrected chi connectivity index (χ2v) is 4.89. The highest BCUT2D eigenvalue weighted by molar-refractivity contribution is 5.77. The summed E-state index contributed by atoms with van der Waals surface area (Å²) in [6.07, 6.45) is 0.840. The highest BCUT2D eigenvalue weighted by Gasteiger charge is 2.27. The number of hydrogen-bond donors (Lipinski definition) is 1. The molecule has 1 heterocycles. The second kappa shape index (κ2) is 9.25. The van der Waals surface area contributed by atoms with E-state index in [0.717, 1.165) is 13.0 Å². The Labute approximate surface area is 115 Å². The minimum Gasteiger partial charge on any atom is -0.379 e. The summed E-state index contributed by atoms with van der Waals surface area (Å²) in [5.41, 5.74) is 0.